The molecule has 1 aromatic rings. The Morgan fingerprint density at radius 2 is 2.00 bits per heavy atom. The first kappa shape index (κ1) is 14.6. The molecule has 0 radical (unpaired) electrons. The number of benzene rings is 1. The van der Waals surface area contributed by atoms with E-state index in [0.717, 1.165) is 31.6 Å². The average Bonchev–Trinajstić information content (AvgIpc) is 3.07. The zero-order valence-corrected chi connectivity index (χ0v) is 13.3. The van der Waals surface area contributed by atoms with E-state index in [1.807, 2.05) is 18.2 Å². The molecule has 1 aromatic carbocycles. The van der Waals surface area contributed by atoms with Gasteiger partial charge in [-0.15, -0.1) is 0 Å². The van der Waals surface area contributed by atoms with Crippen molar-refractivity contribution in [1.82, 2.24) is 10.2 Å². The summed E-state index contributed by atoms with van der Waals surface area (Å²) in [5.41, 5.74) is 0.667. The van der Waals surface area contributed by atoms with Crippen molar-refractivity contribution in [2.75, 3.05) is 19.6 Å². The minimum atomic E-state index is -0.444. The lowest BCUT2D eigenvalue weighted by atomic mass is 9.82. The second kappa shape index (κ2) is 5.45. The maximum Gasteiger partial charge on any atom is 0.232 e. The molecule has 3 heteroatoms. The zero-order chi connectivity index (χ0) is 15.0. The first-order valence-electron chi connectivity index (χ1n) is 8.13. The summed E-state index contributed by atoms with van der Waals surface area (Å²) >= 11 is 0. The van der Waals surface area contributed by atoms with Gasteiger partial charge in [0.15, 0.2) is 0 Å². The highest BCUT2D eigenvalue weighted by Crippen LogP contribution is 2.37. The average molecular weight is 286 g/mol. The molecular formula is C18H26N2O. The fourth-order valence-electron chi connectivity index (χ4n) is 4.12. The molecule has 21 heavy (non-hydrogen) atoms. The predicted octanol–water partition coefficient (Wildman–Crippen LogP) is 2.42. The minimum Gasteiger partial charge on any atom is -0.338 e. The van der Waals surface area contributed by atoms with E-state index in [-0.39, 0.29) is 5.91 Å². The van der Waals surface area contributed by atoms with Crippen molar-refractivity contribution in [3.05, 3.63) is 35.9 Å². The van der Waals surface area contributed by atoms with Gasteiger partial charge in [-0.3, -0.25) is 4.79 Å². The van der Waals surface area contributed by atoms with Crippen molar-refractivity contribution < 1.29 is 4.79 Å². The zero-order valence-electron chi connectivity index (χ0n) is 13.3. The monoisotopic (exact) mass is 286 g/mol. The van der Waals surface area contributed by atoms with Crippen LogP contribution in [0.4, 0.5) is 0 Å². The van der Waals surface area contributed by atoms with Crippen LogP contribution < -0.4 is 5.32 Å². The number of rotatable bonds is 3. The van der Waals surface area contributed by atoms with E-state index in [1.54, 1.807) is 0 Å². The lowest BCUT2D eigenvalue weighted by Gasteiger charge is -2.34. The van der Waals surface area contributed by atoms with Crippen LogP contribution in [0.25, 0.3) is 0 Å². The van der Waals surface area contributed by atoms with Gasteiger partial charge in [0.05, 0.1) is 5.41 Å². The van der Waals surface area contributed by atoms with Crippen LogP contribution in [-0.2, 0) is 10.2 Å². The molecule has 3 rings (SSSR count). The molecule has 2 heterocycles. The van der Waals surface area contributed by atoms with Crippen LogP contribution in [0.5, 0.6) is 0 Å². The molecule has 3 unspecified atom stereocenters. The van der Waals surface area contributed by atoms with Crippen LogP contribution in [0, 0.1) is 11.8 Å². The van der Waals surface area contributed by atoms with Gasteiger partial charge in [-0.25, -0.2) is 0 Å². The fourth-order valence-corrected chi connectivity index (χ4v) is 4.12. The first-order chi connectivity index (χ1) is 10.1. The molecule has 1 N–H and O–H groups in total. The molecule has 2 fully saturated rings. The fraction of sp³-hybridized carbons (Fsp3) is 0.611. The Hall–Kier alpha value is -1.35. The van der Waals surface area contributed by atoms with Gasteiger partial charge in [-0.1, -0.05) is 37.3 Å². The van der Waals surface area contributed by atoms with Gasteiger partial charge >= 0.3 is 0 Å². The molecule has 0 aromatic heterocycles. The van der Waals surface area contributed by atoms with E-state index >= 15 is 0 Å². The number of fused-ring (bicyclic) bond motifs is 1. The lowest BCUT2D eigenvalue weighted by molar-refractivity contribution is -0.137. The summed E-state index contributed by atoms with van der Waals surface area (Å²) in [6, 6.07) is 10.6. The molecular weight excluding hydrogens is 260 g/mol. The van der Waals surface area contributed by atoms with E-state index in [2.05, 4.69) is 43.1 Å². The summed E-state index contributed by atoms with van der Waals surface area (Å²) in [5.74, 6) is 1.57. The number of hydrogen-bond acceptors (Lipinski definition) is 2. The first-order valence-corrected chi connectivity index (χ1v) is 8.13. The van der Waals surface area contributed by atoms with Crippen molar-refractivity contribution in [2.24, 2.45) is 11.8 Å². The number of carbonyl (C=O) groups excluding carboxylic acids is 1. The summed E-state index contributed by atoms with van der Waals surface area (Å²) in [6.45, 7) is 9.38. The maximum atomic E-state index is 13.2. The van der Waals surface area contributed by atoms with Crippen LogP contribution in [0.3, 0.4) is 0 Å². The van der Waals surface area contributed by atoms with E-state index < -0.39 is 5.41 Å². The third-order valence-corrected chi connectivity index (χ3v) is 5.43. The van der Waals surface area contributed by atoms with Crippen molar-refractivity contribution in [3.8, 4) is 0 Å². The molecule has 1 amide bonds. The Kier molecular flexibility index (Phi) is 3.78. The summed E-state index contributed by atoms with van der Waals surface area (Å²) < 4.78 is 0. The van der Waals surface area contributed by atoms with Gasteiger partial charge in [0.2, 0.25) is 5.91 Å². The third kappa shape index (κ3) is 2.38. The van der Waals surface area contributed by atoms with Gasteiger partial charge in [-0.2, -0.15) is 0 Å². The van der Waals surface area contributed by atoms with Gasteiger partial charge in [-0.05, 0) is 37.7 Å². The van der Waals surface area contributed by atoms with Gasteiger partial charge < -0.3 is 10.2 Å². The van der Waals surface area contributed by atoms with Gasteiger partial charge in [0.25, 0.3) is 0 Å². The normalized spacial score (nSPS) is 28.7. The van der Waals surface area contributed by atoms with Gasteiger partial charge in [0.1, 0.15) is 0 Å². The Balaban J connectivity index is 1.84. The van der Waals surface area contributed by atoms with Crippen LogP contribution in [0.1, 0.15) is 32.8 Å². The lowest BCUT2D eigenvalue weighted by Crippen LogP contribution is -2.47. The highest BCUT2D eigenvalue weighted by Gasteiger charge is 2.48. The molecule has 0 saturated carbocycles. The largest absolute Gasteiger partial charge is 0.338 e. The van der Waals surface area contributed by atoms with Crippen LogP contribution in [-0.4, -0.2) is 36.5 Å². The van der Waals surface area contributed by atoms with Crippen molar-refractivity contribution in [1.29, 1.82) is 0 Å². The molecule has 3 atom stereocenters. The number of hydrogen-bond donors (Lipinski definition) is 1. The van der Waals surface area contributed by atoms with E-state index in [0.29, 0.717) is 17.9 Å². The van der Waals surface area contributed by atoms with Crippen molar-refractivity contribution in [3.63, 3.8) is 0 Å². The number of carbonyl (C=O) groups is 1. The molecule has 0 bridgehead atoms. The Bertz CT molecular complexity index is 511. The van der Waals surface area contributed by atoms with Crippen LogP contribution in [0.15, 0.2) is 30.3 Å². The van der Waals surface area contributed by atoms with E-state index in [9.17, 15) is 4.79 Å². The number of nitrogens with one attached hydrogen (secondary N) is 1. The second-order valence-corrected chi connectivity index (χ2v) is 7.01. The van der Waals surface area contributed by atoms with Crippen LogP contribution >= 0.6 is 0 Å². The molecule has 0 spiro atoms. The highest BCUT2D eigenvalue weighted by molar-refractivity contribution is 5.88. The minimum absolute atomic E-state index is 0.287. The quantitative estimate of drug-likeness (QED) is 0.925. The SMILES string of the molecule is CCC1C2CNCC2CN1C(=O)C(C)(C)c1ccccc1. The summed E-state index contributed by atoms with van der Waals surface area (Å²) in [7, 11) is 0. The van der Waals surface area contributed by atoms with E-state index in [1.165, 1.54) is 0 Å². The van der Waals surface area contributed by atoms with E-state index in [4.69, 9.17) is 0 Å². The van der Waals surface area contributed by atoms with Crippen LogP contribution in [0.2, 0.25) is 0 Å². The molecule has 0 aliphatic carbocycles. The summed E-state index contributed by atoms with van der Waals surface area (Å²) in [4.78, 5) is 15.3. The Morgan fingerprint density at radius 1 is 1.29 bits per heavy atom. The van der Waals surface area contributed by atoms with Crippen molar-refractivity contribution in [2.45, 2.75) is 38.6 Å². The summed E-state index contributed by atoms with van der Waals surface area (Å²) in [5, 5.41) is 3.48. The Morgan fingerprint density at radius 3 is 2.67 bits per heavy atom. The molecule has 2 saturated heterocycles. The standard InChI is InChI=1S/C18H26N2O/c1-4-16-15-11-19-10-13(15)12-20(16)17(21)18(2,3)14-8-6-5-7-9-14/h5-9,13,15-16,19H,4,10-12H2,1-3H3. The topological polar surface area (TPSA) is 32.3 Å². The number of likely N-dealkylation sites (tertiary alicyclic amines) is 1. The molecule has 2 aliphatic heterocycles. The second-order valence-electron chi connectivity index (χ2n) is 7.01. The highest BCUT2D eigenvalue weighted by atomic mass is 16.2. The predicted molar refractivity (Wildman–Crippen MR) is 85.1 cm³/mol. The van der Waals surface area contributed by atoms with Gasteiger partial charge in [0, 0.05) is 25.7 Å². The number of amides is 1. The van der Waals surface area contributed by atoms with Crippen molar-refractivity contribution >= 4 is 5.91 Å². The molecule has 114 valence electrons. The smallest absolute Gasteiger partial charge is 0.232 e. The third-order valence-electron chi connectivity index (χ3n) is 5.43. The Labute approximate surface area is 127 Å². The number of nitrogens with zero attached hydrogens (tertiary/aromatic N) is 1. The maximum absolute atomic E-state index is 13.2. The molecule has 2 aliphatic rings. The summed E-state index contributed by atoms with van der Waals surface area (Å²) in [6.07, 6.45) is 1.06. The molecule has 3 nitrogen and oxygen atoms in total.